The number of carbonyl (C=O) groups is 1. The number of esters is 1. The van der Waals surface area contributed by atoms with Crippen molar-refractivity contribution >= 4 is 16.0 Å². The summed E-state index contributed by atoms with van der Waals surface area (Å²) in [4.78, 5) is 12.4. The molecule has 0 saturated carbocycles. The van der Waals surface area contributed by atoms with Gasteiger partial charge in [0.15, 0.2) is 0 Å². The van der Waals surface area contributed by atoms with E-state index in [1.165, 1.54) is 29.6 Å². The van der Waals surface area contributed by atoms with Crippen molar-refractivity contribution < 1.29 is 32.2 Å². The fraction of sp³-hybridized carbons (Fsp3) is 0.350. The van der Waals surface area contributed by atoms with Gasteiger partial charge in [-0.25, -0.2) is 13.2 Å². The van der Waals surface area contributed by atoms with E-state index < -0.39 is 16.0 Å². The minimum atomic E-state index is -3.83. The zero-order valence-electron chi connectivity index (χ0n) is 16.3. The highest BCUT2D eigenvalue weighted by Crippen LogP contribution is 2.29. The first-order valence-electron chi connectivity index (χ1n) is 9.01. The van der Waals surface area contributed by atoms with Gasteiger partial charge in [0, 0.05) is 13.1 Å². The molecule has 1 fully saturated rings. The molecule has 8 nitrogen and oxygen atoms in total. The Kier molecular flexibility index (Phi) is 6.73. The number of methoxy groups -OCH3 is 2. The highest BCUT2D eigenvalue weighted by molar-refractivity contribution is 7.89. The molecule has 0 amide bonds. The van der Waals surface area contributed by atoms with Gasteiger partial charge in [0.1, 0.15) is 23.0 Å². The lowest BCUT2D eigenvalue weighted by Crippen LogP contribution is -2.40. The summed E-state index contributed by atoms with van der Waals surface area (Å²) in [6.07, 6.45) is 0. The van der Waals surface area contributed by atoms with Crippen LogP contribution < -0.4 is 9.47 Å². The van der Waals surface area contributed by atoms with Crippen molar-refractivity contribution in [2.24, 2.45) is 0 Å². The van der Waals surface area contributed by atoms with Crippen LogP contribution >= 0.6 is 0 Å². The van der Waals surface area contributed by atoms with Crippen molar-refractivity contribution in [2.45, 2.75) is 11.5 Å². The van der Waals surface area contributed by atoms with Crippen molar-refractivity contribution in [3.63, 3.8) is 0 Å². The van der Waals surface area contributed by atoms with E-state index >= 15 is 0 Å². The van der Waals surface area contributed by atoms with Gasteiger partial charge >= 0.3 is 5.97 Å². The third-order valence-electron chi connectivity index (χ3n) is 4.49. The lowest BCUT2D eigenvalue weighted by molar-refractivity contribution is 0.0472. The van der Waals surface area contributed by atoms with Crippen LogP contribution in [0.15, 0.2) is 47.4 Å². The fourth-order valence-corrected chi connectivity index (χ4v) is 4.52. The third-order valence-corrected chi connectivity index (χ3v) is 6.41. The average Bonchev–Trinajstić information content (AvgIpc) is 2.77. The van der Waals surface area contributed by atoms with Crippen molar-refractivity contribution in [1.29, 1.82) is 0 Å². The lowest BCUT2D eigenvalue weighted by Gasteiger charge is -2.26. The van der Waals surface area contributed by atoms with Crippen molar-refractivity contribution in [3.05, 3.63) is 53.6 Å². The van der Waals surface area contributed by atoms with Crippen LogP contribution in [0.25, 0.3) is 0 Å². The van der Waals surface area contributed by atoms with Crippen LogP contribution in [0.1, 0.15) is 15.9 Å². The fourth-order valence-electron chi connectivity index (χ4n) is 2.93. The first-order valence-corrected chi connectivity index (χ1v) is 10.5. The smallest absolute Gasteiger partial charge is 0.338 e. The van der Waals surface area contributed by atoms with Crippen LogP contribution in [-0.2, 0) is 26.1 Å². The molecule has 2 aromatic carbocycles. The monoisotopic (exact) mass is 421 g/mol. The summed E-state index contributed by atoms with van der Waals surface area (Å²) < 4.78 is 48.3. The Balaban J connectivity index is 1.81. The SMILES string of the molecule is COc1cccc(COC(=O)c2ccc(OC)c(S(=O)(=O)N3CCOCC3)c2)c1. The molecular weight excluding hydrogens is 398 g/mol. The van der Waals surface area contributed by atoms with Gasteiger partial charge in [-0.05, 0) is 35.9 Å². The zero-order chi connectivity index (χ0) is 20.9. The van der Waals surface area contributed by atoms with E-state index in [0.717, 1.165) is 5.56 Å². The van der Waals surface area contributed by atoms with E-state index in [9.17, 15) is 13.2 Å². The third kappa shape index (κ3) is 4.87. The quantitative estimate of drug-likeness (QED) is 0.632. The Hall–Kier alpha value is -2.62. The van der Waals surface area contributed by atoms with E-state index in [0.29, 0.717) is 19.0 Å². The number of carbonyl (C=O) groups excluding carboxylic acids is 1. The van der Waals surface area contributed by atoms with Crippen LogP contribution in [-0.4, -0.2) is 59.2 Å². The van der Waals surface area contributed by atoms with E-state index in [2.05, 4.69) is 0 Å². The van der Waals surface area contributed by atoms with Gasteiger partial charge in [0.2, 0.25) is 10.0 Å². The van der Waals surface area contributed by atoms with Crippen LogP contribution in [0.2, 0.25) is 0 Å². The normalized spacial score (nSPS) is 15.0. The molecule has 1 saturated heterocycles. The molecule has 9 heteroatoms. The summed E-state index contributed by atoms with van der Waals surface area (Å²) >= 11 is 0. The Bertz CT molecular complexity index is 969. The minimum absolute atomic E-state index is 0.0353. The van der Waals surface area contributed by atoms with Gasteiger partial charge in [-0.2, -0.15) is 4.31 Å². The van der Waals surface area contributed by atoms with Crippen LogP contribution in [0.3, 0.4) is 0 Å². The number of nitrogens with zero attached hydrogens (tertiary/aromatic N) is 1. The number of hydrogen-bond donors (Lipinski definition) is 0. The number of ether oxygens (including phenoxy) is 4. The van der Waals surface area contributed by atoms with E-state index in [4.69, 9.17) is 18.9 Å². The first kappa shape index (κ1) is 21.1. The topological polar surface area (TPSA) is 91.4 Å². The standard InChI is InChI=1S/C20H23NO7S/c1-25-17-5-3-4-15(12-17)14-28-20(22)16-6-7-18(26-2)19(13-16)29(23,24)21-8-10-27-11-9-21/h3-7,12-13H,8-11,14H2,1-2H3. The molecule has 0 aliphatic carbocycles. The molecular formula is C20H23NO7S. The summed E-state index contributed by atoms with van der Waals surface area (Å²) in [7, 11) is -0.895. The zero-order valence-corrected chi connectivity index (χ0v) is 17.1. The van der Waals surface area contributed by atoms with Gasteiger partial charge in [-0.1, -0.05) is 12.1 Å². The molecule has 0 radical (unpaired) electrons. The minimum Gasteiger partial charge on any atom is -0.497 e. The Morgan fingerprint density at radius 2 is 1.83 bits per heavy atom. The maximum absolute atomic E-state index is 13.0. The van der Waals surface area contributed by atoms with Gasteiger partial charge < -0.3 is 18.9 Å². The van der Waals surface area contributed by atoms with Crippen LogP contribution in [0.4, 0.5) is 0 Å². The van der Waals surface area contributed by atoms with Crippen LogP contribution in [0, 0.1) is 0 Å². The van der Waals surface area contributed by atoms with Crippen LogP contribution in [0.5, 0.6) is 11.5 Å². The second-order valence-corrected chi connectivity index (χ2v) is 8.22. The number of morpholine rings is 1. The summed E-state index contributed by atoms with van der Waals surface area (Å²) in [5, 5.41) is 0. The average molecular weight is 421 g/mol. The van der Waals surface area contributed by atoms with E-state index in [1.54, 1.807) is 31.4 Å². The Labute approximate surface area is 170 Å². The van der Waals surface area contributed by atoms with Gasteiger partial charge in [0.25, 0.3) is 0 Å². The van der Waals surface area contributed by atoms with Crippen molar-refractivity contribution in [2.75, 3.05) is 40.5 Å². The summed E-state index contributed by atoms with van der Waals surface area (Å²) in [5.74, 6) is 0.191. The summed E-state index contributed by atoms with van der Waals surface area (Å²) in [5.41, 5.74) is 0.882. The summed E-state index contributed by atoms with van der Waals surface area (Å²) in [6, 6.07) is 11.4. The maximum atomic E-state index is 13.0. The second-order valence-electron chi connectivity index (χ2n) is 6.31. The van der Waals surface area contributed by atoms with E-state index in [1.807, 2.05) is 0 Å². The van der Waals surface area contributed by atoms with Crippen molar-refractivity contribution in [3.8, 4) is 11.5 Å². The first-order chi connectivity index (χ1) is 14.0. The molecule has 1 aliphatic heterocycles. The molecule has 1 heterocycles. The number of sulfonamides is 1. The van der Waals surface area contributed by atoms with Crippen molar-refractivity contribution in [1.82, 2.24) is 4.31 Å². The molecule has 3 rings (SSSR count). The number of benzene rings is 2. The number of hydrogen-bond acceptors (Lipinski definition) is 7. The molecule has 0 bridgehead atoms. The molecule has 0 spiro atoms. The largest absolute Gasteiger partial charge is 0.497 e. The van der Waals surface area contributed by atoms with Gasteiger partial charge in [-0.15, -0.1) is 0 Å². The van der Waals surface area contributed by atoms with Gasteiger partial charge in [0.05, 0.1) is 33.0 Å². The van der Waals surface area contributed by atoms with Gasteiger partial charge in [-0.3, -0.25) is 0 Å². The number of rotatable bonds is 7. The maximum Gasteiger partial charge on any atom is 0.338 e. The molecule has 1 aliphatic rings. The second kappa shape index (κ2) is 9.25. The molecule has 0 N–H and O–H groups in total. The lowest BCUT2D eigenvalue weighted by atomic mass is 10.2. The molecule has 29 heavy (non-hydrogen) atoms. The highest BCUT2D eigenvalue weighted by Gasteiger charge is 2.30. The predicted molar refractivity (Wildman–Crippen MR) is 105 cm³/mol. The van der Waals surface area contributed by atoms with E-state index in [-0.39, 0.29) is 35.9 Å². The molecule has 156 valence electrons. The molecule has 0 atom stereocenters. The Morgan fingerprint density at radius 1 is 1.07 bits per heavy atom. The highest BCUT2D eigenvalue weighted by atomic mass is 32.2. The predicted octanol–water partition coefficient (Wildman–Crippen LogP) is 2.08. The molecule has 0 aromatic heterocycles. The molecule has 0 unspecified atom stereocenters. The Morgan fingerprint density at radius 3 is 2.52 bits per heavy atom. The summed E-state index contributed by atoms with van der Waals surface area (Å²) in [6.45, 7) is 1.17. The molecule has 2 aromatic rings.